The lowest BCUT2D eigenvalue weighted by molar-refractivity contribution is 0.590. The molecule has 0 aliphatic heterocycles. The third kappa shape index (κ3) is 2.14. The number of aromatic nitrogens is 2. The van der Waals surface area contributed by atoms with Gasteiger partial charge in [-0.25, -0.2) is 4.98 Å². The SMILES string of the molecule is Cc1nc(-c2ccc(C3CC3)cc2)c(N)n1C(C)C. The molecular formula is C16H21N3. The van der Waals surface area contributed by atoms with Crippen LogP contribution in [0.2, 0.25) is 0 Å². The Labute approximate surface area is 114 Å². The summed E-state index contributed by atoms with van der Waals surface area (Å²) in [5, 5.41) is 0. The number of hydrogen-bond acceptors (Lipinski definition) is 2. The zero-order valence-electron chi connectivity index (χ0n) is 11.9. The van der Waals surface area contributed by atoms with Crippen LogP contribution < -0.4 is 5.73 Å². The van der Waals surface area contributed by atoms with Crippen molar-refractivity contribution in [2.24, 2.45) is 0 Å². The van der Waals surface area contributed by atoms with Gasteiger partial charge in [-0.15, -0.1) is 0 Å². The summed E-state index contributed by atoms with van der Waals surface area (Å²) >= 11 is 0. The van der Waals surface area contributed by atoms with E-state index in [2.05, 4.69) is 47.7 Å². The summed E-state index contributed by atoms with van der Waals surface area (Å²) in [7, 11) is 0. The van der Waals surface area contributed by atoms with Gasteiger partial charge in [0.15, 0.2) is 0 Å². The van der Waals surface area contributed by atoms with E-state index in [0.29, 0.717) is 6.04 Å². The molecule has 3 rings (SSSR count). The molecule has 1 aromatic heterocycles. The normalized spacial score (nSPS) is 15.2. The van der Waals surface area contributed by atoms with Crippen molar-refractivity contribution in [2.45, 2.75) is 45.6 Å². The number of nitrogens with zero attached hydrogens (tertiary/aromatic N) is 2. The Morgan fingerprint density at radius 2 is 1.84 bits per heavy atom. The lowest BCUT2D eigenvalue weighted by Gasteiger charge is -2.11. The van der Waals surface area contributed by atoms with Gasteiger partial charge in [-0.1, -0.05) is 24.3 Å². The fraction of sp³-hybridized carbons (Fsp3) is 0.438. The number of hydrogen-bond donors (Lipinski definition) is 1. The second-order valence-electron chi connectivity index (χ2n) is 5.75. The number of imidazole rings is 1. The molecule has 3 nitrogen and oxygen atoms in total. The van der Waals surface area contributed by atoms with Gasteiger partial charge < -0.3 is 10.3 Å². The molecular weight excluding hydrogens is 234 g/mol. The third-order valence-corrected chi connectivity index (χ3v) is 3.87. The van der Waals surface area contributed by atoms with Gasteiger partial charge in [-0.05, 0) is 45.1 Å². The second-order valence-corrected chi connectivity index (χ2v) is 5.75. The molecule has 3 heteroatoms. The lowest BCUT2D eigenvalue weighted by atomic mass is 10.1. The van der Waals surface area contributed by atoms with Crippen molar-refractivity contribution in [1.29, 1.82) is 0 Å². The molecule has 0 radical (unpaired) electrons. The first-order valence-electron chi connectivity index (χ1n) is 7.02. The van der Waals surface area contributed by atoms with Crippen molar-refractivity contribution >= 4 is 5.82 Å². The monoisotopic (exact) mass is 255 g/mol. The molecule has 1 heterocycles. The summed E-state index contributed by atoms with van der Waals surface area (Å²) in [4.78, 5) is 4.63. The van der Waals surface area contributed by atoms with Crippen molar-refractivity contribution in [3.8, 4) is 11.3 Å². The third-order valence-electron chi connectivity index (χ3n) is 3.87. The average molecular weight is 255 g/mol. The number of anilines is 1. The topological polar surface area (TPSA) is 43.8 Å². The summed E-state index contributed by atoms with van der Waals surface area (Å²) in [6.07, 6.45) is 2.67. The summed E-state index contributed by atoms with van der Waals surface area (Å²) in [6.45, 7) is 6.27. The Morgan fingerprint density at radius 3 is 2.32 bits per heavy atom. The second kappa shape index (κ2) is 4.41. The van der Waals surface area contributed by atoms with E-state index in [-0.39, 0.29) is 0 Å². The number of nitrogen functional groups attached to an aromatic ring is 1. The maximum Gasteiger partial charge on any atom is 0.131 e. The highest BCUT2D eigenvalue weighted by Gasteiger charge is 2.23. The van der Waals surface area contributed by atoms with E-state index >= 15 is 0 Å². The van der Waals surface area contributed by atoms with Gasteiger partial charge in [0, 0.05) is 11.6 Å². The standard InChI is InChI=1S/C16H21N3/c1-10(2)19-11(3)18-15(16(19)17)14-8-6-13(7-9-14)12-4-5-12/h6-10,12H,4-5,17H2,1-3H3. The van der Waals surface area contributed by atoms with Crippen molar-refractivity contribution in [3.05, 3.63) is 35.7 Å². The Hall–Kier alpha value is -1.77. The first kappa shape index (κ1) is 12.3. The van der Waals surface area contributed by atoms with Crippen LogP contribution in [-0.4, -0.2) is 9.55 Å². The molecule has 0 atom stereocenters. The van der Waals surface area contributed by atoms with Gasteiger partial charge in [0.1, 0.15) is 17.3 Å². The van der Waals surface area contributed by atoms with E-state index < -0.39 is 0 Å². The van der Waals surface area contributed by atoms with E-state index in [4.69, 9.17) is 5.73 Å². The van der Waals surface area contributed by atoms with E-state index in [9.17, 15) is 0 Å². The summed E-state index contributed by atoms with van der Waals surface area (Å²) in [6, 6.07) is 9.08. The highest BCUT2D eigenvalue weighted by Crippen LogP contribution is 2.40. The smallest absolute Gasteiger partial charge is 0.131 e. The van der Waals surface area contributed by atoms with Crippen LogP contribution in [-0.2, 0) is 0 Å². The molecule has 0 spiro atoms. The highest BCUT2D eigenvalue weighted by atomic mass is 15.2. The molecule has 0 amide bonds. The van der Waals surface area contributed by atoms with E-state index in [1.54, 1.807) is 0 Å². The summed E-state index contributed by atoms with van der Waals surface area (Å²) in [5.41, 5.74) is 9.72. The molecule has 1 aliphatic carbocycles. The molecule has 19 heavy (non-hydrogen) atoms. The number of rotatable bonds is 3. The molecule has 0 saturated heterocycles. The van der Waals surface area contributed by atoms with Gasteiger partial charge >= 0.3 is 0 Å². The molecule has 0 bridgehead atoms. The maximum absolute atomic E-state index is 6.25. The van der Waals surface area contributed by atoms with Crippen LogP contribution in [0.4, 0.5) is 5.82 Å². The summed E-state index contributed by atoms with van der Waals surface area (Å²) in [5.74, 6) is 2.54. The zero-order valence-corrected chi connectivity index (χ0v) is 11.9. The van der Waals surface area contributed by atoms with Crippen LogP contribution in [0, 0.1) is 6.92 Å². The minimum atomic E-state index is 0.340. The van der Waals surface area contributed by atoms with Crippen LogP contribution in [0.25, 0.3) is 11.3 Å². The van der Waals surface area contributed by atoms with Crippen LogP contribution in [0.5, 0.6) is 0 Å². The van der Waals surface area contributed by atoms with Crippen LogP contribution in [0.1, 0.15) is 50.0 Å². The fourth-order valence-corrected chi connectivity index (χ4v) is 2.76. The van der Waals surface area contributed by atoms with Crippen molar-refractivity contribution in [2.75, 3.05) is 5.73 Å². The van der Waals surface area contributed by atoms with Crippen LogP contribution >= 0.6 is 0 Å². The van der Waals surface area contributed by atoms with E-state index in [1.165, 1.54) is 18.4 Å². The number of aryl methyl sites for hydroxylation is 1. The minimum absolute atomic E-state index is 0.340. The van der Waals surface area contributed by atoms with Crippen LogP contribution in [0.3, 0.4) is 0 Å². The highest BCUT2D eigenvalue weighted by molar-refractivity contribution is 5.71. The molecule has 2 N–H and O–H groups in total. The van der Waals surface area contributed by atoms with Gasteiger partial charge in [0.05, 0.1) is 0 Å². The molecule has 1 saturated carbocycles. The molecule has 2 aromatic rings. The minimum Gasteiger partial charge on any atom is -0.383 e. The Balaban J connectivity index is 1.99. The van der Waals surface area contributed by atoms with E-state index in [0.717, 1.165) is 28.8 Å². The number of benzene rings is 1. The van der Waals surface area contributed by atoms with Gasteiger partial charge in [-0.2, -0.15) is 0 Å². The summed E-state index contributed by atoms with van der Waals surface area (Å²) < 4.78 is 2.09. The van der Waals surface area contributed by atoms with Crippen molar-refractivity contribution in [3.63, 3.8) is 0 Å². The van der Waals surface area contributed by atoms with Crippen molar-refractivity contribution in [1.82, 2.24) is 9.55 Å². The Kier molecular flexibility index (Phi) is 2.85. The molecule has 100 valence electrons. The predicted octanol–water partition coefficient (Wildman–Crippen LogP) is 3.90. The zero-order chi connectivity index (χ0) is 13.6. The Bertz CT molecular complexity index is 589. The first-order valence-corrected chi connectivity index (χ1v) is 7.02. The van der Waals surface area contributed by atoms with Gasteiger partial charge in [0.2, 0.25) is 0 Å². The van der Waals surface area contributed by atoms with Crippen molar-refractivity contribution < 1.29 is 0 Å². The quantitative estimate of drug-likeness (QED) is 0.904. The van der Waals surface area contributed by atoms with E-state index in [1.807, 2.05) is 6.92 Å². The molecule has 0 unspecified atom stereocenters. The largest absolute Gasteiger partial charge is 0.383 e. The fourth-order valence-electron chi connectivity index (χ4n) is 2.76. The maximum atomic E-state index is 6.25. The molecule has 1 aliphatic rings. The molecule has 1 fully saturated rings. The van der Waals surface area contributed by atoms with Crippen LogP contribution in [0.15, 0.2) is 24.3 Å². The first-order chi connectivity index (χ1) is 9.08. The Morgan fingerprint density at radius 1 is 1.21 bits per heavy atom. The molecule has 1 aromatic carbocycles. The lowest BCUT2D eigenvalue weighted by Crippen LogP contribution is -2.07. The number of nitrogens with two attached hydrogens (primary N) is 1. The van der Waals surface area contributed by atoms with Gasteiger partial charge in [0.25, 0.3) is 0 Å². The van der Waals surface area contributed by atoms with Gasteiger partial charge in [-0.3, -0.25) is 0 Å². The predicted molar refractivity (Wildman–Crippen MR) is 79.2 cm³/mol. The average Bonchev–Trinajstić information content (AvgIpc) is 3.16.